The van der Waals surface area contributed by atoms with Crippen molar-refractivity contribution in [3.63, 3.8) is 0 Å². The Bertz CT molecular complexity index is 709. The summed E-state index contributed by atoms with van der Waals surface area (Å²) in [5, 5.41) is 3.50. The highest BCUT2D eigenvalue weighted by Gasteiger charge is 2.39. The van der Waals surface area contributed by atoms with Crippen LogP contribution in [0.1, 0.15) is 34.1 Å². The summed E-state index contributed by atoms with van der Waals surface area (Å²) in [5.41, 5.74) is -0.227. The van der Waals surface area contributed by atoms with Crippen molar-refractivity contribution in [2.75, 3.05) is 19.6 Å². The smallest absolute Gasteiger partial charge is 0.242 e. The van der Waals surface area contributed by atoms with E-state index in [0.717, 1.165) is 0 Å². The van der Waals surface area contributed by atoms with Crippen LogP contribution < -0.4 is 5.32 Å². The van der Waals surface area contributed by atoms with E-state index >= 15 is 0 Å². The molecule has 1 saturated heterocycles. The molecule has 3 atom stereocenters. The molecule has 0 radical (unpaired) electrons. The van der Waals surface area contributed by atoms with Gasteiger partial charge >= 0.3 is 0 Å². The minimum absolute atomic E-state index is 0.00460. The first-order valence-electron chi connectivity index (χ1n) is 9.81. The fraction of sp³-hybridized carbons (Fsp3) is 0.700. The first-order chi connectivity index (χ1) is 12.4. The predicted molar refractivity (Wildman–Crippen MR) is 116 cm³/mol. The molecule has 0 amide bonds. The zero-order valence-electron chi connectivity index (χ0n) is 17.7. The molecule has 0 spiro atoms. The van der Waals surface area contributed by atoms with Crippen molar-refractivity contribution in [2.24, 2.45) is 10.8 Å². The van der Waals surface area contributed by atoms with Gasteiger partial charge in [0.1, 0.15) is 0 Å². The normalized spacial score (nSPS) is 28.9. The number of sulfonamides is 1. The lowest BCUT2D eigenvalue weighted by atomic mass is 9.84. The Morgan fingerprint density at radius 2 is 2.11 bits per heavy atom. The molecule has 2 aliphatic rings. The van der Waals surface area contributed by atoms with Crippen molar-refractivity contribution in [1.82, 2.24) is 9.62 Å². The third-order valence-corrected chi connectivity index (χ3v) is 8.03. The number of hydrogen-bond acceptors (Lipinski definition) is 4. The molecule has 0 aromatic heterocycles. The summed E-state index contributed by atoms with van der Waals surface area (Å²) in [6, 6.07) is -0.00460. The molecule has 27 heavy (non-hydrogen) atoms. The molecule has 7 heteroatoms. The molecule has 1 heterocycles. The van der Waals surface area contributed by atoms with Crippen LogP contribution in [0.4, 0.5) is 0 Å². The lowest BCUT2D eigenvalue weighted by Crippen LogP contribution is -2.60. The van der Waals surface area contributed by atoms with E-state index in [9.17, 15) is 8.42 Å². The SMILES string of the molecule is C=CC1(C)C=CC(S(=O)(=O)N2CCNC(C(O[SiH](C)C)C(C)(C)C)C2)=CC1. The topological polar surface area (TPSA) is 58.6 Å². The van der Waals surface area contributed by atoms with Crippen LogP contribution >= 0.6 is 0 Å². The maximum atomic E-state index is 13.2. The minimum Gasteiger partial charge on any atom is -0.416 e. The number of hydrogen-bond donors (Lipinski definition) is 1. The van der Waals surface area contributed by atoms with Gasteiger partial charge in [-0.3, -0.25) is 0 Å². The van der Waals surface area contributed by atoms with E-state index in [-0.39, 0.29) is 23.0 Å². The maximum absolute atomic E-state index is 13.2. The second-order valence-electron chi connectivity index (χ2n) is 9.25. The molecule has 1 aliphatic heterocycles. The second-order valence-corrected chi connectivity index (χ2v) is 13.6. The molecular weight excluding hydrogens is 376 g/mol. The third kappa shape index (κ3) is 5.41. The lowest BCUT2D eigenvalue weighted by molar-refractivity contribution is 0.0360. The van der Waals surface area contributed by atoms with E-state index in [1.165, 1.54) is 0 Å². The first kappa shape index (κ1) is 22.6. The molecule has 3 unspecified atom stereocenters. The molecule has 1 N–H and O–H groups in total. The largest absolute Gasteiger partial charge is 0.416 e. The van der Waals surface area contributed by atoms with Crippen LogP contribution in [0.5, 0.6) is 0 Å². The van der Waals surface area contributed by atoms with Gasteiger partial charge in [-0.1, -0.05) is 45.9 Å². The minimum atomic E-state index is -3.49. The molecular formula is C20H36N2O3SSi. The highest BCUT2D eigenvalue weighted by Crippen LogP contribution is 2.33. The molecule has 5 nitrogen and oxygen atoms in total. The summed E-state index contributed by atoms with van der Waals surface area (Å²) < 4.78 is 34.3. The van der Waals surface area contributed by atoms with E-state index < -0.39 is 19.1 Å². The highest BCUT2D eigenvalue weighted by molar-refractivity contribution is 7.93. The first-order valence-corrected chi connectivity index (χ1v) is 14.0. The van der Waals surface area contributed by atoms with Gasteiger partial charge in [-0.05, 0) is 31.0 Å². The molecule has 154 valence electrons. The summed E-state index contributed by atoms with van der Waals surface area (Å²) in [7, 11) is -4.74. The average molecular weight is 413 g/mol. The summed E-state index contributed by atoms with van der Waals surface area (Å²) in [5.74, 6) is 0. The van der Waals surface area contributed by atoms with Crippen LogP contribution in [0.3, 0.4) is 0 Å². The van der Waals surface area contributed by atoms with Gasteiger partial charge in [0.05, 0.1) is 11.0 Å². The Morgan fingerprint density at radius 1 is 1.44 bits per heavy atom. The van der Waals surface area contributed by atoms with Crippen molar-refractivity contribution in [3.05, 3.63) is 35.8 Å². The summed E-state index contributed by atoms with van der Waals surface area (Å²) in [4.78, 5) is 0.397. The second kappa shape index (κ2) is 8.33. The Morgan fingerprint density at radius 3 is 2.59 bits per heavy atom. The lowest BCUT2D eigenvalue weighted by Gasteiger charge is -2.43. The van der Waals surface area contributed by atoms with Gasteiger partial charge in [0.25, 0.3) is 0 Å². The van der Waals surface area contributed by atoms with Gasteiger partial charge in [0.15, 0.2) is 9.04 Å². The summed E-state index contributed by atoms with van der Waals surface area (Å²) in [6.07, 6.45) is 8.01. The van der Waals surface area contributed by atoms with Crippen molar-refractivity contribution in [3.8, 4) is 0 Å². The Balaban J connectivity index is 2.19. The van der Waals surface area contributed by atoms with Crippen LogP contribution in [0.25, 0.3) is 0 Å². The van der Waals surface area contributed by atoms with Crippen LogP contribution in [0.2, 0.25) is 13.1 Å². The zero-order chi connectivity index (χ0) is 20.5. The molecule has 0 aromatic rings. The van der Waals surface area contributed by atoms with Crippen LogP contribution in [-0.4, -0.2) is 53.5 Å². The molecule has 1 aliphatic carbocycles. The fourth-order valence-electron chi connectivity index (χ4n) is 3.59. The summed E-state index contributed by atoms with van der Waals surface area (Å²) >= 11 is 0. The number of piperazine rings is 1. The molecule has 2 rings (SSSR count). The zero-order valence-corrected chi connectivity index (χ0v) is 19.6. The standard InChI is InChI=1S/C20H36N2O3SSi/c1-8-20(5)11-9-16(10-12-20)26(23,24)22-14-13-21-17(15-22)18(19(2,3)4)25-27(6)7/h8-11,17-18,21,27H,1,12-15H2,2-7H3. The van der Waals surface area contributed by atoms with Gasteiger partial charge in [-0.25, -0.2) is 8.42 Å². The third-order valence-electron chi connectivity index (χ3n) is 5.28. The number of nitrogens with zero attached hydrogens (tertiary/aromatic N) is 1. The van der Waals surface area contributed by atoms with E-state index in [1.807, 2.05) is 18.2 Å². The van der Waals surface area contributed by atoms with E-state index in [2.05, 4.69) is 52.7 Å². The van der Waals surface area contributed by atoms with Crippen molar-refractivity contribution in [2.45, 2.75) is 59.4 Å². The number of allylic oxidation sites excluding steroid dienone is 4. The predicted octanol–water partition coefficient (Wildman–Crippen LogP) is 3.04. The van der Waals surface area contributed by atoms with Crippen molar-refractivity contribution < 1.29 is 12.8 Å². The summed E-state index contributed by atoms with van der Waals surface area (Å²) in [6.45, 7) is 18.3. The van der Waals surface area contributed by atoms with Crippen molar-refractivity contribution in [1.29, 1.82) is 0 Å². The monoisotopic (exact) mass is 412 g/mol. The van der Waals surface area contributed by atoms with Gasteiger partial charge in [-0.15, -0.1) is 6.58 Å². The quantitative estimate of drug-likeness (QED) is 0.538. The number of nitrogens with one attached hydrogen (secondary N) is 1. The molecule has 0 bridgehead atoms. The van der Waals surface area contributed by atoms with Gasteiger partial charge in [0, 0.05) is 31.1 Å². The molecule has 0 aromatic carbocycles. The van der Waals surface area contributed by atoms with Gasteiger partial charge < -0.3 is 9.74 Å². The van der Waals surface area contributed by atoms with Gasteiger partial charge in [0.2, 0.25) is 10.0 Å². The van der Waals surface area contributed by atoms with Crippen molar-refractivity contribution >= 4 is 19.1 Å². The maximum Gasteiger partial charge on any atom is 0.242 e. The van der Waals surface area contributed by atoms with Crippen LogP contribution in [-0.2, 0) is 14.4 Å². The Labute approximate surface area is 167 Å². The number of rotatable bonds is 6. The van der Waals surface area contributed by atoms with Crippen LogP contribution in [0, 0.1) is 10.8 Å². The van der Waals surface area contributed by atoms with Gasteiger partial charge in [-0.2, -0.15) is 4.31 Å². The molecule has 0 saturated carbocycles. The fourth-order valence-corrected chi connectivity index (χ4v) is 6.29. The van der Waals surface area contributed by atoms with E-state index in [1.54, 1.807) is 10.4 Å². The van der Waals surface area contributed by atoms with Crippen LogP contribution in [0.15, 0.2) is 35.8 Å². The average Bonchev–Trinajstić information content (AvgIpc) is 2.59. The highest BCUT2D eigenvalue weighted by atomic mass is 32.2. The Hall–Kier alpha value is -0.733. The van der Waals surface area contributed by atoms with E-state index in [0.29, 0.717) is 31.0 Å². The van der Waals surface area contributed by atoms with E-state index in [4.69, 9.17) is 4.43 Å². The molecule has 1 fully saturated rings. The Kier molecular flexibility index (Phi) is 6.96.